The van der Waals surface area contributed by atoms with Crippen LogP contribution in [0.5, 0.6) is 11.5 Å². The number of furan rings is 1. The molecule has 0 radical (unpaired) electrons. The van der Waals surface area contributed by atoms with Crippen LogP contribution in [0.15, 0.2) is 193 Å². The minimum Gasteiger partial charge on any atom is -0.509 e. The van der Waals surface area contributed by atoms with Crippen molar-refractivity contribution in [2.45, 2.75) is 79.6 Å². The van der Waals surface area contributed by atoms with Crippen molar-refractivity contribution in [2.75, 3.05) is 9.80 Å². The number of rotatable bonds is 10. The van der Waals surface area contributed by atoms with Crippen molar-refractivity contribution in [3.63, 3.8) is 0 Å². The monoisotopic (exact) mass is 1210 g/mol. The van der Waals surface area contributed by atoms with Gasteiger partial charge < -0.3 is 23.5 Å². The molecule has 79 heavy (non-hydrogen) atoms. The second kappa shape index (κ2) is 20.2. The zero-order valence-corrected chi connectivity index (χ0v) is 48.3. The van der Waals surface area contributed by atoms with E-state index >= 15 is 0 Å². The molecule has 9 aromatic carbocycles. The Balaban J connectivity index is 0.00000623. The number of benzene rings is 9. The Bertz CT molecular complexity index is 4210. The van der Waals surface area contributed by atoms with Gasteiger partial charge in [-0.25, -0.2) is 4.98 Å². The fourth-order valence-corrected chi connectivity index (χ4v) is 12.0. The van der Waals surface area contributed by atoms with E-state index in [9.17, 15) is 0 Å². The van der Waals surface area contributed by atoms with Crippen LogP contribution in [-0.4, -0.2) is 9.55 Å². The average molecular weight is 1210 g/mol. The summed E-state index contributed by atoms with van der Waals surface area (Å²) in [5, 5.41) is 4.16. The first-order chi connectivity index (χ1) is 37.8. The number of para-hydroxylation sites is 3. The molecule has 0 saturated carbocycles. The van der Waals surface area contributed by atoms with Crippen molar-refractivity contribution < 1.29 is 30.2 Å². The second-order valence-corrected chi connectivity index (χ2v) is 22.5. The number of aromatic nitrogens is 2. The van der Waals surface area contributed by atoms with E-state index in [4.69, 9.17) is 14.1 Å². The number of anilines is 4. The number of fused-ring (bicyclic) bond motifs is 8. The first-order valence-electron chi connectivity index (χ1n) is 27.2. The standard InChI is InChI=1S/C72H61N4O2.Pt/c1-44(2)55-26-20-27-56(45(3)4)68(55)50-38-52(74-43-75(61-29-18-17-28-60(61)74)70-66(48-21-12-10-13-22-48)46(5)37-47(6)67(70)49-23-14-11-15-24-49)41-54(39-50)77-53-31-32-59-63(42-53)76(65-40-51(35-36-73-65)72(7,8)9)62-34-33-58-57-25-16-19-30-64(57)78-71(58)69(59)62;/h10-40,43-45H,1-9H3;/q-3;. The van der Waals surface area contributed by atoms with Crippen molar-refractivity contribution in [1.29, 1.82) is 0 Å². The van der Waals surface area contributed by atoms with Gasteiger partial charge in [0.05, 0.1) is 0 Å². The molecule has 0 fully saturated rings. The minimum atomic E-state index is -0.0969. The number of hydrogen-bond donors (Lipinski definition) is 0. The number of aryl methyl sites for hydroxylation is 2. The van der Waals surface area contributed by atoms with E-state index in [0.717, 1.165) is 89.0 Å². The van der Waals surface area contributed by atoms with Crippen LogP contribution in [0, 0.1) is 32.6 Å². The summed E-state index contributed by atoms with van der Waals surface area (Å²) in [5.74, 6) is 2.47. The van der Waals surface area contributed by atoms with Crippen molar-refractivity contribution in [1.82, 2.24) is 9.55 Å². The Morgan fingerprint density at radius 3 is 1.84 bits per heavy atom. The van der Waals surface area contributed by atoms with E-state index in [1.54, 1.807) is 0 Å². The molecule has 12 aromatic rings. The van der Waals surface area contributed by atoms with Crippen molar-refractivity contribution >= 4 is 66.5 Å². The summed E-state index contributed by atoms with van der Waals surface area (Å²) < 4.78 is 16.2. The molecule has 3 aromatic heterocycles. The number of ether oxygens (including phenoxy) is 1. The number of nitrogens with zero attached hydrogens (tertiary/aromatic N) is 4. The molecule has 4 heterocycles. The Morgan fingerprint density at radius 2 is 1.18 bits per heavy atom. The van der Waals surface area contributed by atoms with E-state index in [0.29, 0.717) is 11.5 Å². The quantitative estimate of drug-likeness (QED) is 0.128. The predicted molar refractivity (Wildman–Crippen MR) is 324 cm³/mol. The Morgan fingerprint density at radius 1 is 0.557 bits per heavy atom. The van der Waals surface area contributed by atoms with Gasteiger partial charge in [-0.15, -0.1) is 48.3 Å². The Labute approximate surface area is 478 Å². The molecule has 7 heteroatoms. The van der Waals surface area contributed by atoms with Crippen molar-refractivity contribution in [2.24, 2.45) is 0 Å². The molecule has 0 N–H and O–H groups in total. The third-order valence-electron chi connectivity index (χ3n) is 15.7. The van der Waals surface area contributed by atoms with Gasteiger partial charge in [0, 0.05) is 83.2 Å². The maximum atomic E-state index is 7.21. The van der Waals surface area contributed by atoms with Gasteiger partial charge >= 0.3 is 0 Å². The van der Waals surface area contributed by atoms with Gasteiger partial charge in [-0.2, -0.15) is 6.07 Å². The Hall–Kier alpha value is -8.18. The molecular formula is C72H61N4O2Pt-3. The molecule has 394 valence electrons. The summed E-state index contributed by atoms with van der Waals surface area (Å²) in [5.41, 5.74) is 20.6. The van der Waals surface area contributed by atoms with E-state index in [1.165, 1.54) is 44.5 Å². The van der Waals surface area contributed by atoms with Gasteiger partial charge in [-0.3, -0.25) is 0 Å². The summed E-state index contributed by atoms with van der Waals surface area (Å²) in [4.78, 5) is 9.71. The summed E-state index contributed by atoms with van der Waals surface area (Å²) in [7, 11) is 0. The molecule has 6 nitrogen and oxygen atoms in total. The summed E-state index contributed by atoms with van der Waals surface area (Å²) >= 11 is 0. The van der Waals surface area contributed by atoms with Gasteiger partial charge in [0.15, 0.2) is 0 Å². The van der Waals surface area contributed by atoms with Crippen LogP contribution in [0.2, 0.25) is 0 Å². The smallest absolute Gasteiger partial charge is 0.135 e. The van der Waals surface area contributed by atoms with Gasteiger partial charge in [0.1, 0.15) is 17.0 Å². The normalized spacial score (nSPS) is 12.6. The van der Waals surface area contributed by atoms with Crippen LogP contribution in [0.25, 0.3) is 82.9 Å². The maximum absolute atomic E-state index is 7.21. The van der Waals surface area contributed by atoms with E-state index in [2.05, 4.69) is 259 Å². The zero-order chi connectivity index (χ0) is 53.6. The molecule has 0 bridgehead atoms. The summed E-state index contributed by atoms with van der Waals surface area (Å²) in [6, 6.07) is 72.6. The third-order valence-corrected chi connectivity index (χ3v) is 15.7. The number of pyridine rings is 1. The summed E-state index contributed by atoms with van der Waals surface area (Å²) in [6.07, 6.45) is 1.91. The van der Waals surface area contributed by atoms with Crippen molar-refractivity contribution in [3.05, 3.63) is 235 Å². The van der Waals surface area contributed by atoms with Gasteiger partial charge in [0.2, 0.25) is 0 Å². The first kappa shape index (κ1) is 51.6. The fourth-order valence-electron chi connectivity index (χ4n) is 12.0. The predicted octanol–water partition coefficient (Wildman–Crippen LogP) is 20.0. The topological polar surface area (TPSA) is 46.7 Å². The largest absolute Gasteiger partial charge is 0.509 e. The molecule has 1 aliphatic rings. The van der Waals surface area contributed by atoms with E-state index < -0.39 is 0 Å². The third kappa shape index (κ3) is 8.91. The van der Waals surface area contributed by atoms with Gasteiger partial charge in [0.25, 0.3) is 0 Å². The molecule has 13 rings (SSSR count). The SMILES string of the molecule is Cc1cc(C)c(-c2ccccc2)c(N2[CH-]N(c3[c-]c(Oc4[c-]c5c(cc4)c4c6oc7ccccc7c6ccc4n5-c4cc(C(C)(C)C)ccn4)cc(-c4c(C(C)C)cccc4C(C)C)c3)c3ccccc32)c1-c1ccccc1.[Pt]. The molecule has 0 amide bonds. The molecule has 0 saturated heterocycles. The number of hydrogen-bond acceptors (Lipinski definition) is 5. The van der Waals surface area contributed by atoms with Gasteiger partial charge in [-0.1, -0.05) is 175 Å². The molecule has 0 unspecified atom stereocenters. The van der Waals surface area contributed by atoms with E-state index in [-0.39, 0.29) is 38.3 Å². The molecule has 1 aliphatic heterocycles. The van der Waals surface area contributed by atoms with Crippen molar-refractivity contribution in [3.8, 4) is 50.7 Å². The van der Waals surface area contributed by atoms with Crippen LogP contribution in [0.4, 0.5) is 22.7 Å². The molecule has 0 atom stereocenters. The maximum Gasteiger partial charge on any atom is 0.135 e. The molecule has 0 spiro atoms. The van der Waals surface area contributed by atoms with Crippen LogP contribution >= 0.6 is 0 Å². The average Bonchev–Trinajstić information content (AvgIpc) is 4.27. The van der Waals surface area contributed by atoms with E-state index in [1.807, 2.05) is 24.4 Å². The van der Waals surface area contributed by atoms with Crippen LogP contribution < -0.4 is 14.5 Å². The van der Waals surface area contributed by atoms with Crippen LogP contribution in [-0.2, 0) is 26.5 Å². The minimum absolute atomic E-state index is 0. The molecule has 0 aliphatic carbocycles. The fraction of sp³-hybridized carbons (Fsp3) is 0.167. The first-order valence-corrected chi connectivity index (χ1v) is 27.2. The van der Waals surface area contributed by atoms with Crippen LogP contribution in [0.3, 0.4) is 0 Å². The Kier molecular flexibility index (Phi) is 13.2. The second-order valence-electron chi connectivity index (χ2n) is 22.5. The van der Waals surface area contributed by atoms with Crippen LogP contribution in [0.1, 0.15) is 88.1 Å². The zero-order valence-electron chi connectivity index (χ0n) is 46.1. The molecular weight excluding hydrogens is 1150 g/mol. The van der Waals surface area contributed by atoms with Gasteiger partial charge in [-0.05, 0) is 123 Å². The summed E-state index contributed by atoms with van der Waals surface area (Å²) in [6.45, 7) is 22.6.